The fourth-order valence-corrected chi connectivity index (χ4v) is 10.4. The van der Waals surface area contributed by atoms with Crippen molar-refractivity contribution in [2.75, 3.05) is 36.1 Å². The highest BCUT2D eigenvalue weighted by molar-refractivity contribution is 8.08. The normalized spacial score (nSPS) is 19.0. The number of oxime groups is 1. The molecule has 0 radical (unpaired) electrons. The number of β-lactam (4-membered cyclic amide) rings is 1. The van der Waals surface area contributed by atoms with Crippen LogP contribution >= 0.6 is 81.3 Å². The van der Waals surface area contributed by atoms with Gasteiger partial charge in [-0.15, -0.1) is 23.1 Å². The first-order valence-corrected chi connectivity index (χ1v) is 17.4. The van der Waals surface area contributed by atoms with E-state index in [4.69, 9.17) is 33.8 Å². The van der Waals surface area contributed by atoms with E-state index in [2.05, 4.69) is 15.5 Å². The second kappa shape index (κ2) is 14.0. The Balaban J connectivity index is 1.53. The predicted octanol–water partition coefficient (Wildman–Crippen LogP) is 1.74. The number of hydrogen-bond donors (Lipinski definition) is 6. The molecule has 0 saturated carbocycles. The molecule has 0 aliphatic carbocycles. The van der Waals surface area contributed by atoms with Gasteiger partial charge in [-0.25, -0.2) is 14.8 Å². The molecule has 4 heterocycles. The number of nitrogens with zero attached hydrogens (tertiary/aromatic N) is 4. The fourth-order valence-electron chi connectivity index (χ4n) is 3.60. The summed E-state index contributed by atoms with van der Waals surface area (Å²) in [6.45, 7) is 1.03. The van der Waals surface area contributed by atoms with Crippen LogP contribution in [0.4, 0.5) is 5.13 Å². The van der Waals surface area contributed by atoms with Gasteiger partial charge in [0.2, 0.25) is 0 Å². The summed E-state index contributed by atoms with van der Waals surface area (Å²) in [5.74, 6) is -0.395. The number of fused-ring (bicyclic) bond motifs is 1. The Morgan fingerprint density at radius 2 is 1.98 bits per heavy atom. The molecule has 0 spiro atoms. The molecule has 2 amide bonds. The Labute approximate surface area is 258 Å². The number of hydrogen-bond acceptors (Lipinski definition) is 16. The molecule has 1 saturated heterocycles. The highest BCUT2D eigenvalue weighted by Crippen LogP contribution is 2.48. The van der Waals surface area contributed by atoms with E-state index in [1.54, 1.807) is 11.8 Å². The van der Waals surface area contributed by atoms with E-state index in [1.807, 2.05) is 0 Å². The predicted molar refractivity (Wildman–Crippen MR) is 163 cm³/mol. The summed E-state index contributed by atoms with van der Waals surface area (Å²) in [6, 6.07) is -1.05. The molecule has 4 rings (SSSR count). The number of aliphatic carboxylic acids is 1. The van der Waals surface area contributed by atoms with Crippen molar-refractivity contribution in [2.24, 2.45) is 16.6 Å². The van der Waals surface area contributed by atoms with Crippen molar-refractivity contribution in [1.29, 1.82) is 0 Å². The van der Waals surface area contributed by atoms with Crippen LogP contribution in [0.25, 0.3) is 0 Å². The number of nitrogens with one attached hydrogen (secondary N) is 1. The van der Waals surface area contributed by atoms with E-state index in [0.717, 1.165) is 31.3 Å². The van der Waals surface area contributed by atoms with Gasteiger partial charge in [0, 0.05) is 41.0 Å². The number of thioether (sulfide) groups is 4. The zero-order valence-electron chi connectivity index (χ0n) is 20.4. The number of anilines is 1. The van der Waals surface area contributed by atoms with Crippen molar-refractivity contribution in [3.63, 3.8) is 0 Å². The third-order valence-electron chi connectivity index (χ3n) is 5.27. The Kier molecular flexibility index (Phi) is 10.9. The fraction of sp³-hybridized carbons (Fsp3) is 0.400. The van der Waals surface area contributed by atoms with Gasteiger partial charge in [-0.2, -0.15) is 11.8 Å². The summed E-state index contributed by atoms with van der Waals surface area (Å²) in [6.07, 6.45) is 0. The molecular formula is C20H23ClN8O5S6. The van der Waals surface area contributed by atoms with Gasteiger partial charge in [-0.1, -0.05) is 51.6 Å². The van der Waals surface area contributed by atoms with Crippen molar-refractivity contribution in [3.8, 4) is 0 Å². The summed E-state index contributed by atoms with van der Waals surface area (Å²) < 4.78 is 1.72. The van der Waals surface area contributed by atoms with E-state index in [0.29, 0.717) is 35.3 Å². The monoisotopic (exact) mass is 682 g/mol. The minimum absolute atomic E-state index is 0.0419. The largest absolute Gasteiger partial charge is 0.477 e. The summed E-state index contributed by atoms with van der Waals surface area (Å²) in [5, 5.41) is 24.4. The highest BCUT2D eigenvalue weighted by Gasteiger charge is 2.54. The third-order valence-corrected chi connectivity index (χ3v) is 12.4. The Morgan fingerprint density at radius 3 is 2.60 bits per heavy atom. The van der Waals surface area contributed by atoms with E-state index < -0.39 is 34.9 Å². The molecule has 0 unspecified atom stereocenters. The third kappa shape index (κ3) is 6.67. The number of aromatic nitrogens is 2. The maximum Gasteiger partial charge on any atom is 0.353 e. The maximum absolute atomic E-state index is 13.1. The smallest absolute Gasteiger partial charge is 0.353 e. The summed E-state index contributed by atoms with van der Waals surface area (Å²) in [7, 11) is 0. The van der Waals surface area contributed by atoms with Gasteiger partial charge in [-0.05, 0) is 0 Å². The van der Waals surface area contributed by atoms with Gasteiger partial charge in [-0.3, -0.25) is 14.5 Å². The number of halogens is 1. The number of carbonyl (C=O) groups is 3. The van der Waals surface area contributed by atoms with Crippen LogP contribution in [0.3, 0.4) is 0 Å². The van der Waals surface area contributed by atoms with Gasteiger partial charge in [0.15, 0.2) is 15.2 Å². The van der Waals surface area contributed by atoms with E-state index in [9.17, 15) is 24.7 Å². The zero-order valence-corrected chi connectivity index (χ0v) is 26.0. The zero-order chi connectivity index (χ0) is 29.0. The van der Waals surface area contributed by atoms with Crippen LogP contribution in [0.15, 0.2) is 24.3 Å². The minimum atomic E-state index is -1.26. The van der Waals surface area contributed by atoms with Crippen LogP contribution in [0, 0.1) is 0 Å². The number of rotatable bonds is 13. The van der Waals surface area contributed by atoms with Crippen molar-refractivity contribution in [2.45, 2.75) is 25.7 Å². The van der Waals surface area contributed by atoms with Crippen molar-refractivity contribution >= 4 is 110 Å². The average molecular weight is 683 g/mol. The van der Waals surface area contributed by atoms with Gasteiger partial charge >= 0.3 is 5.97 Å². The molecule has 2 aromatic heterocycles. The average Bonchev–Trinajstić information content (AvgIpc) is 3.47. The lowest BCUT2D eigenvalue weighted by molar-refractivity contribution is -0.150. The first-order chi connectivity index (χ1) is 19.2. The SMILES string of the molecule is NCCSCc1nc(SCCN)sc1SC1=C(C(=O)O)N2C(=O)[C@@H](NC(=O)/C(=N\O)c3nc(N)sc3Cl)[C@H]2SC1. The lowest BCUT2D eigenvalue weighted by Crippen LogP contribution is -2.71. The molecule has 2 aliphatic rings. The lowest BCUT2D eigenvalue weighted by atomic mass is 10.0. The number of amides is 2. The first kappa shape index (κ1) is 31.2. The van der Waals surface area contributed by atoms with Gasteiger partial charge < -0.3 is 32.8 Å². The number of carboxylic acid groups (broad SMARTS) is 1. The molecule has 20 heteroatoms. The van der Waals surface area contributed by atoms with Crippen LogP contribution in [-0.4, -0.2) is 90.4 Å². The van der Waals surface area contributed by atoms with Gasteiger partial charge in [0.25, 0.3) is 11.8 Å². The molecule has 0 aromatic carbocycles. The molecule has 13 nitrogen and oxygen atoms in total. The quantitative estimate of drug-likeness (QED) is 0.0442. The second-order valence-electron chi connectivity index (χ2n) is 7.86. The van der Waals surface area contributed by atoms with Crippen LogP contribution in [0.5, 0.6) is 0 Å². The molecular weight excluding hydrogens is 660 g/mol. The topological polar surface area (TPSA) is 223 Å². The number of thiazole rings is 2. The van der Waals surface area contributed by atoms with Crippen molar-refractivity contribution in [3.05, 3.63) is 26.3 Å². The molecule has 40 heavy (non-hydrogen) atoms. The summed E-state index contributed by atoms with van der Waals surface area (Å²) in [5.41, 5.74) is 16.9. The van der Waals surface area contributed by atoms with Crippen LogP contribution in [0.1, 0.15) is 11.4 Å². The summed E-state index contributed by atoms with van der Waals surface area (Å²) >= 11 is 14.1. The van der Waals surface area contributed by atoms with Crippen molar-refractivity contribution in [1.82, 2.24) is 20.2 Å². The molecule has 9 N–H and O–H groups in total. The Morgan fingerprint density at radius 1 is 1.23 bits per heavy atom. The summed E-state index contributed by atoms with van der Waals surface area (Å²) in [4.78, 5) is 48.6. The van der Waals surface area contributed by atoms with E-state index >= 15 is 0 Å². The number of carboxylic acids is 1. The van der Waals surface area contributed by atoms with Gasteiger partial charge in [0.1, 0.15) is 27.1 Å². The first-order valence-electron chi connectivity index (χ1n) is 11.3. The number of carbonyl (C=O) groups excluding carboxylic acids is 2. The van der Waals surface area contributed by atoms with Gasteiger partial charge in [0.05, 0.1) is 9.90 Å². The second-order valence-corrected chi connectivity index (χ2v) is 15.4. The Hall–Kier alpha value is -1.71. The number of nitrogen functional groups attached to an aromatic ring is 1. The molecule has 1 fully saturated rings. The standard InChI is InChI=1S/C20H23ClN8O5S6/c21-13-9(27-19(24)39-13)10(28-34)14(30)26-11-15(31)29-12(17(32)33)8(6-37-16(11)29)38-18-7(5-35-3-1-22)25-20(40-18)36-4-2-23/h11,16,34H,1-6,22-23H2,(H2,24,27)(H,26,30)(H,32,33)/b28-10-/t11-,16-/m1/s1. The van der Waals surface area contributed by atoms with Crippen LogP contribution < -0.4 is 22.5 Å². The van der Waals surface area contributed by atoms with Crippen LogP contribution in [0.2, 0.25) is 4.34 Å². The van der Waals surface area contributed by atoms with Crippen LogP contribution in [-0.2, 0) is 20.1 Å². The maximum atomic E-state index is 13.1. The molecule has 216 valence electrons. The molecule has 0 bridgehead atoms. The Bertz CT molecular complexity index is 1370. The lowest BCUT2D eigenvalue weighted by Gasteiger charge is -2.49. The molecule has 2 aromatic rings. The highest BCUT2D eigenvalue weighted by atomic mass is 35.5. The number of nitrogens with two attached hydrogens (primary N) is 3. The van der Waals surface area contributed by atoms with Crippen molar-refractivity contribution < 1.29 is 24.7 Å². The molecule has 2 aliphatic heterocycles. The van der Waals surface area contributed by atoms with E-state index in [-0.39, 0.29) is 20.9 Å². The molecule has 2 atom stereocenters. The minimum Gasteiger partial charge on any atom is -0.477 e. The van der Waals surface area contributed by atoms with E-state index in [1.165, 1.54) is 51.5 Å².